The summed E-state index contributed by atoms with van der Waals surface area (Å²) in [6, 6.07) is 0. The molecule has 0 aliphatic heterocycles. The maximum absolute atomic E-state index is 10.8. The summed E-state index contributed by atoms with van der Waals surface area (Å²) >= 11 is 0. The van der Waals surface area contributed by atoms with E-state index < -0.39 is 0 Å². The molecule has 16 heavy (non-hydrogen) atoms. The number of hydrogen-bond donors (Lipinski definition) is 2. The quantitative estimate of drug-likeness (QED) is 0.301. The Morgan fingerprint density at radius 1 is 1.25 bits per heavy atom. The summed E-state index contributed by atoms with van der Waals surface area (Å²) in [6.45, 7) is 8.94. The Morgan fingerprint density at radius 3 is 2.38 bits per heavy atom. The molecule has 0 saturated heterocycles. The zero-order valence-electron chi connectivity index (χ0n) is 11.2. The fraction of sp³-hybridized carbons (Fsp3) is 0.917. The Morgan fingerprint density at radius 2 is 1.88 bits per heavy atom. The van der Waals surface area contributed by atoms with Crippen molar-refractivity contribution in [2.75, 3.05) is 20.1 Å². The highest BCUT2D eigenvalue weighted by atomic mass is 16.2. The van der Waals surface area contributed by atoms with Crippen LogP contribution in [0.4, 0.5) is 0 Å². The molecule has 0 atom stereocenters. The third kappa shape index (κ3) is 9.93. The topological polar surface area (TPSA) is 58.4 Å². The van der Waals surface area contributed by atoms with Crippen molar-refractivity contribution in [1.82, 2.24) is 10.3 Å². The molecular formula is C12H27N3O. The summed E-state index contributed by atoms with van der Waals surface area (Å²) in [5.41, 5.74) is 2.50. The van der Waals surface area contributed by atoms with Crippen LogP contribution in [0.1, 0.15) is 46.5 Å². The monoisotopic (exact) mass is 229 g/mol. The Kier molecular flexibility index (Phi) is 7.34. The number of unbranched alkanes of at least 4 members (excludes halogenated alkanes) is 2. The van der Waals surface area contributed by atoms with E-state index in [1.165, 1.54) is 0 Å². The van der Waals surface area contributed by atoms with Crippen LogP contribution in [-0.4, -0.2) is 30.9 Å². The highest BCUT2D eigenvalue weighted by Gasteiger charge is 2.12. The number of nitrogens with zero attached hydrogens (tertiary/aromatic N) is 1. The predicted molar refractivity (Wildman–Crippen MR) is 67.8 cm³/mol. The summed E-state index contributed by atoms with van der Waals surface area (Å²) in [6.07, 6.45) is 3.69. The molecule has 0 aliphatic carbocycles. The molecular weight excluding hydrogens is 202 g/mol. The first kappa shape index (κ1) is 15.4. The highest BCUT2D eigenvalue weighted by Crippen LogP contribution is 2.14. The number of hydrogen-bond acceptors (Lipinski definition) is 3. The van der Waals surface area contributed by atoms with E-state index in [1.807, 2.05) is 0 Å². The largest absolute Gasteiger partial charge is 0.306 e. The summed E-state index contributed by atoms with van der Waals surface area (Å²) in [4.78, 5) is 13.2. The number of carbonyl (C=O) groups is 1. The molecule has 0 unspecified atom stereocenters. The zero-order chi connectivity index (χ0) is 12.6. The minimum atomic E-state index is -0.0666. The number of rotatable bonds is 7. The van der Waals surface area contributed by atoms with Crippen LogP contribution < -0.4 is 11.3 Å². The summed E-state index contributed by atoms with van der Waals surface area (Å²) in [5, 5.41) is 0. The maximum Gasteiger partial charge on any atom is 0.233 e. The SMILES string of the molecule is CN(CCCCCC(=O)NN)CC(C)(C)C. The minimum absolute atomic E-state index is 0.0666. The van der Waals surface area contributed by atoms with Gasteiger partial charge in [-0.1, -0.05) is 27.2 Å². The van der Waals surface area contributed by atoms with E-state index in [4.69, 9.17) is 5.84 Å². The second-order valence-electron chi connectivity index (χ2n) is 5.68. The van der Waals surface area contributed by atoms with Gasteiger partial charge in [-0.15, -0.1) is 0 Å². The van der Waals surface area contributed by atoms with Gasteiger partial charge in [-0.3, -0.25) is 10.2 Å². The molecule has 3 N–H and O–H groups in total. The first-order valence-corrected chi connectivity index (χ1v) is 6.03. The van der Waals surface area contributed by atoms with E-state index in [9.17, 15) is 4.79 Å². The lowest BCUT2D eigenvalue weighted by Gasteiger charge is -2.26. The fourth-order valence-electron chi connectivity index (χ4n) is 1.81. The Labute approximate surface area is 99.5 Å². The number of amides is 1. The van der Waals surface area contributed by atoms with Crippen molar-refractivity contribution in [2.24, 2.45) is 11.3 Å². The minimum Gasteiger partial charge on any atom is -0.306 e. The highest BCUT2D eigenvalue weighted by molar-refractivity contribution is 5.74. The number of nitrogens with two attached hydrogens (primary N) is 1. The molecule has 0 rings (SSSR count). The van der Waals surface area contributed by atoms with Crippen LogP contribution in [0.25, 0.3) is 0 Å². The van der Waals surface area contributed by atoms with Gasteiger partial charge in [0.05, 0.1) is 0 Å². The maximum atomic E-state index is 10.8. The van der Waals surface area contributed by atoms with Crippen molar-refractivity contribution < 1.29 is 4.79 Å². The van der Waals surface area contributed by atoms with Crippen molar-refractivity contribution in [2.45, 2.75) is 46.5 Å². The molecule has 0 aliphatic rings. The van der Waals surface area contributed by atoms with E-state index in [-0.39, 0.29) is 5.91 Å². The first-order chi connectivity index (χ1) is 7.35. The van der Waals surface area contributed by atoms with Crippen LogP contribution in [0.2, 0.25) is 0 Å². The molecule has 4 nitrogen and oxygen atoms in total. The smallest absolute Gasteiger partial charge is 0.233 e. The van der Waals surface area contributed by atoms with Crippen LogP contribution in [-0.2, 0) is 4.79 Å². The normalized spacial score (nSPS) is 11.9. The van der Waals surface area contributed by atoms with Crippen LogP contribution in [0, 0.1) is 5.41 Å². The van der Waals surface area contributed by atoms with Gasteiger partial charge < -0.3 is 4.90 Å². The molecule has 0 aromatic carbocycles. The molecule has 0 aromatic heterocycles. The van der Waals surface area contributed by atoms with Gasteiger partial charge >= 0.3 is 0 Å². The first-order valence-electron chi connectivity index (χ1n) is 6.03. The molecule has 96 valence electrons. The van der Waals surface area contributed by atoms with E-state index >= 15 is 0 Å². The molecule has 0 aromatic rings. The summed E-state index contributed by atoms with van der Waals surface area (Å²) in [5.74, 6) is 4.93. The third-order valence-electron chi connectivity index (χ3n) is 2.35. The van der Waals surface area contributed by atoms with Crippen LogP contribution in [0.15, 0.2) is 0 Å². The standard InChI is InChI=1S/C12H27N3O/c1-12(2,3)10-15(4)9-7-5-6-8-11(16)14-13/h5-10,13H2,1-4H3,(H,14,16). The number of hydrazine groups is 1. The van der Waals surface area contributed by atoms with Gasteiger partial charge in [0, 0.05) is 13.0 Å². The van der Waals surface area contributed by atoms with E-state index in [0.29, 0.717) is 11.8 Å². The lowest BCUT2D eigenvalue weighted by atomic mass is 9.96. The molecule has 0 spiro atoms. The van der Waals surface area contributed by atoms with Gasteiger partial charge in [0.25, 0.3) is 0 Å². The van der Waals surface area contributed by atoms with Gasteiger partial charge in [0.2, 0.25) is 5.91 Å². The zero-order valence-corrected chi connectivity index (χ0v) is 11.2. The van der Waals surface area contributed by atoms with Crippen LogP contribution in [0.5, 0.6) is 0 Å². The van der Waals surface area contributed by atoms with Gasteiger partial charge in [0.1, 0.15) is 0 Å². The Hall–Kier alpha value is -0.610. The third-order valence-corrected chi connectivity index (χ3v) is 2.35. The van der Waals surface area contributed by atoms with Gasteiger partial charge in [-0.05, 0) is 31.8 Å². The molecule has 0 saturated carbocycles. The Balaban J connectivity index is 3.41. The second-order valence-corrected chi connectivity index (χ2v) is 5.68. The Bertz CT molecular complexity index is 199. The van der Waals surface area contributed by atoms with Gasteiger partial charge in [0.15, 0.2) is 0 Å². The lowest BCUT2D eigenvalue weighted by Crippen LogP contribution is -2.30. The van der Waals surface area contributed by atoms with Crippen LogP contribution >= 0.6 is 0 Å². The second kappa shape index (κ2) is 7.63. The van der Waals surface area contributed by atoms with Crippen molar-refractivity contribution in [3.8, 4) is 0 Å². The molecule has 1 amide bonds. The van der Waals surface area contributed by atoms with Crippen molar-refractivity contribution in [1.29, 1.82) is 0 Å². The predicted octanol–water partition coefficient (Wildman–Crippen LogP) is 1.51. The van der Waals surface area contributed by atoms with Crippen molar-refractivity contribution in [3.05, 3.63) is 0 Å². The summed E-state index contributed by atoms with van der Waals surface area (Å²) in [7, 11) is 2.15. The van der Waals surface area contributed by atoms with E-state index in [1.54, 1.807) is 0 Å². The molecule has 4 heteroatoms. The van der Waals surface area contributed by atoms with Gasteiger partial charge in [-0.25, -0.2) is 5.84 Å². The van der Waals surface area contributed by atoms with Crippen molar-refractivity contribution >= 4 is 5.91 Å². The number of carbonyl (C=O) groups excluding carboxylic acids is 1. The number of nitrogens with one attached hydrogen (secondary N) is 1. The molecule has 0 radical (unpaired) electrons. The van der Waals surface area contributed by atoms with E-state index in [2.05, 4.69) is 38.1 Å². The summed E-state index contributed by atoms with van der Waals surface area (Å²) < 4.78 is 0. The van der Waals surface area contributed by atoms with Gasteiger partial charge in [-0.2, -0.15) is 0 Å². The lowest BCUT2D eigenvalue weighted by molar-refractivity contribution is -0.121. The average Bonchev–Trinajstić information content (AvgIpc) is 2.14. The van der Waals surface area contributed by atoms with Crippen LogP contribution in [0.3, 0.4) is 0 Å². The molecule has 0 heterocycles. The molecule has 0 bridgehead atoms. The fourth-order valence-corrected chi connectivity index (χ4v) is 1.81. The molecule has 0 fully saturated rings. The van der Waals surface area contributed by atoms with Crippen molar-refractivity contribution in [3.63, 3.8) is 0 Å². The average molecular weight is 229 g/mol. The van der Waals surface area contributed by atoms with E-state index in [0.717, 1.165) is 32.4 Å².